The first-order valence-electron chi connectivity index (χ1n) is 9.28. The summed E-state index contributed by atoms with van der Waals surface area (Å²) < 4.78 is 75.5. The molecule has 1 amide bonds. The summed E-state index contributed by atoms with van der Waals surface area (Å²) in [4.78, 5) is 25.2. The number of thiophene rings is 1. The Labute approximate surface area is 186 Å². The third kappa shape index (κ3) is 5.22. The van der Waals surface area contributed by atoms with E-state index in [-0.39, 0.29) is 36.0 Å². The first-order valence-corrected chi connectivity index (χ1v) is 11.6. The molecular weight excluding hydrogens is 473 g/mol. The van der Waals surface area contributed by atoms with E-state index < -0.39 is 46.0 Å². The fourth-order valence-electron chi connectivity index (χ4n) is 3.04. The van der Waals surface area contributed by atoms with Gasteiger partial charge in [-0.2, -0.15) is 17.5 Å². The van der Waals surface area contributed by atoms with Crippen molar-refractivity contribution in [3.63, 3.8) is 0 Å². The van der Waals surface area contributed by atoms with Gasteiger partial charge in [0, 0.05) is 31.6 Å². The number of para-hydroxylation sites is 1. The van der Waals surface area contributed by atoms with Gasteiger partial charge in [0.05, 0.1) is 18.2 Å². The SMILES string of the molecule is COC(=O)c1csc(S(=O)(=O)N2CCN(C(=O)COc3ccccc3C(F)(F)F)CC2)c1. The quantitative estimate of drug-likeness (QED) is 0.576. The van der Waals surface area contributed by atoms with Crippen molar-refractivity contribution in [2.75, 3.05) is 39.9 Å². The van der Waals surface area contributed by atoms with Crippen molar-refractivity contribution >= 4 is 33.2 Å². The summed E-state index contributed by atoms with van der Waals surface area (Å²) in [7, 11) is -2.67. The number of esters is 1. The van der Waals surface area contributed by atoms with E-state index in [9.17, 15) is 31.2 Å². The number of piperazine rings is 1. The van der Waals surface area contributed by atoms with Crippen molar-refractivity contribution in [1.29, 1.82) is 0 Å². The van der Waals surface area contributed by atoms with E-state index >= 15 is 0 Å². The Morgan fingerprint density at radius 2 is 1.78 bits per heavy atom. The number of carbonyl (C=O) groups excluding carboxylic acids is 2. The summed E-state index contributed by atoms with van der Waals surface area (Å²) in [6.07, 6.45) is -4.62. The molecule has 0 spiro atoms. The summed E-state index contributed by atoms with van der Waals surface area (Å²) in [6, 6.07) is 5.81. The fourth-order valence-corrected chi connectivity index (χ4v) is 5.76. The number of rotatable bonds is 6. The third-order valence-electron chi connectivity index (χ3n) is 4.73. The predicted octanol–water partition coefficient (Wildman–Crippen LogP) is 2.47. The Morgan fingerprint density at radius 3 is 2.41 bits per heavy atom. The average molecular weight is 492 g/mol. The van der Waals surface area contributed by atoms with Gasteiger partial charge in [-0.3, -0.25) is 4.79 Å². The lowest BCUT2D eigenvalue weighted by molar-refractivity contribution is -0.141. The van der Waals surface area contributed by atoms with E-state index in [1.54, 1.807) is 0 Å². The minimum atomic E-state index is -4.62. The van der Waals surface area contributed by atoms with Gasteiger partial charge >= 0.3 is 12.1 Å². The highest BCUT2D eigenvalue weighted by Gasteiger charge is 2.35. The number of carbonyl (C=O) groups is 2. The number of alkyl halides is 3. The Kier molecular flexibility index (Phi) is 7.10. The van der Waals surface area contributed by atoms with Crippen LogP contribution in [0.3, 0.4) is 0 Å². The highest BCUT2D eigenvalue weighted by molar-refractivity contribution is 7.91. The van der Waals surface area contributed by atoms with E-state index in [2.05, 4.69) is 4.74 Å². The van der Waals surface area contributed by atoms with Gasteiger partial charge in [0.15, 0.2) is 6.61 Å². The minimum absolute atomic E-state index is 0.00132. The zero-order chi connectivity index (χ0) is 23.5. The lowest BCUT2D eigenvalue weighted by atomic mass is 10.2. The van der Waals surface area contributed by atoms with Crippen molar-refractivity contribution in [2.24, 2.45) is 0 Å². The topological polar surface area (TPSA) is 93.2 Å². The van der Waals surface area contributed by atoms with Gasteiger partial charge in [-0.05, 0) is 18.2 Å². The van der Waals surface area contributed by atoms with E-state index in [0.717, 1.165) is 23.5 Å². The van der Waals surface area contributed by atoms with Crippen LogP contribution in [0.1, 0.15) is 15.9 Å². The standard InChI is InChI=1S/C19H19F3N2O6S2/c1-29-18(26)13-10-17(31-12-13)32(27,28)24-8-6-23(7-9-24)16(25)11-30-15-5-3-2-4-14(15)19(20,21)22/h2-5,10,12H,6-9,11H2,1H3. The molecular formula is C19H19F3N2O6S2. The number of sulfonamides is 1. The molecule has 0 saturated carbocycles. The van der Waals surface area contributed by atoms with Crippen LogP contribution >= 0.6 is 11.3 Å². The van der Waals surface area contributed by atoms with Gasteiger partial charge in [0.2, 0.25) is 0 Å². The van der Waals surface area contributed by atoms with E-state index in [0.29, 0.717) is 0 Å². The number of ether oxygens (including phenoxy) is 2. The Hall–Kier alpha value is -2.64. The molecule has 0 atom stereocenters. The van der Waals surface area contributed by atoms with Gasteiger partial charge in [0.1, 0.15) is 9.96 Å². The van der Waals surface area contributed by atoms with Gasteiger partial charge in [-0.25, -0.2) is 13.2 Å². The maximum absolute atomic E-state index is 13.0. The van der Waals surface area contributed by atoms with Crippen LogP contribution in [0.5, 0.6) is 5.75 Å². The maximum atomic E-state index is 13.0. The van der Waals surface area contributed by atoms with Crippen LogP contribution in [0.4, 0.5) is 13.2 Å². The zero-order valence-corrected chi connectivity index (χ0v) is 18.4. The molecule has 2 aromatic rings. The second-order valence-corrected chi connectivity index (χ2v) is 9.79. The first-order chi connectivity index (χ1) is 15.0. The van der Waals surface area contributed by atoms with E-state index in [1.165, 1.54) is 39.9 Å². The number of methoxy groups -OCH3 is 1. The second kappa shape index (κ2) is 9.46. The van der Waals surface area contributed by atoms with Crippen LogP contribution in [0.15, 0.2) is 39.9 Å². The molecule has 3 rings (SSSR count). The molecule has 0 radical (unpaired) electrons. The van der Waals surface area contributed by atoms with Crippen LogP contribution in [0.25, 0.3) is 0 Å². The molecule has 32 heavy (non-hydrogen) atoms. The monoisotopic (exact) mass is 492 g/mol. The zero-order valence-electron chi connectivity index (χ0n) is 16.8. The number of nitrogens with zero attached hydrogens (tertiary/aromatic N) is 2. The molecule has 8 nitrogen and oxygen atoms in total. The number of benzene rings is 1. The molecule has 0 N–H and O–H groups in total. The highest BCUT2D eigenvalue weighted by Crippen LogP contribution is 2.35. The Morgan fingerprint density at radius 1 is 1.12 bits per heavy atom. The largest absolute Gasteiger partial charge is 0.483 e. The minimum Gasteiger partial charge on any atom is -0.483 e. The summed E-state index contributed by atoms with van der Waals surface area (Å²) in [5, 5.41) is 1.38. The van der Waals surface area contributed by atoms with Crippen LogP contribution < -0.4 is 4.74 Å². The smallest absolute Gasteiger partial charge is 0.419 e. The van der Waals surface area contributed by atoms with Crippen molar-refractivity contribution in [3.05, 3.63) is 46.8 Å². The second-order valence-electron chi connectivity index (χ2n) is 6.71. The molecule has 1 saturated heterocycles. The van der Waals surface area contributed by atoms with Crippen LogP contribution in [0, 0.1) is 0 Å². The first kappa shape index (κ1) is 24.0. The fraction of sp³-hybridized carbons (Fsp3) is 0.368. The molecule has 1 fully saturated rings. The molecule has 1 aliphatic heterocycles. The molecule has 2 heterocycles. The lowest BCUT2D eigenvalue weighted by Crippen LogP contribution is -2.51. The van der Waals surface area contributed by atoms with Crippen molar-refractivity contribution < 1.29 is 40.7 Å². The normalized spacial score (nSPS) is 15.4. The lowest BCUT2D eigenvalue weighted by Gasteiger charge is -2.33. The van der Waals surface area contributed by atoms with Gasteiger partial charge in [0.25, 0.3) is 15.9 Å². The molecule has 0 aliphatic carbocycles. The van der Waals surface area contributed by atoms with Crippen LogP contribution in [0.2, 0.25) is 0 Å². The Bertz CT molecular complexity index is 1090. The number of hydrogen-bond acceptors (Lipinski definition) is 7. The maximum Gasteiger partial charge on any atom is 0.419 e. The molecule has 0 bridgehead atoms. The number of halogens is 3. The van der Waals surface area contributed by atoms with E-state index in [1.807, 2.05) is 0 Å². The van der Waals surface area contributed by atoms with Gasteiger partial charge in [-0.1, -0.05) is 12.1 Å². The van der Waals surface area contributed by atoms with E-state index in [4.69, 9.17) is 4.74 Å². The summed E-state index contributed by atoms with van der Waals surface area (Å²) >= 11 is 0.887. The Balaban J connectivity index is 1.58. The van der Waals surface area contributed by atoms with Crippen LogP contribution in [-0.4, -0.2) is 69.4 Å². The molecule has 174 valence electrons. The molecule has 1 aromatic carbocycles. The van der Waals surface area contributed by atoms with Crippen LogP contribution in [-0.2, 0) is 25.7 Å². The van der Waals surface area contributed by atoms with Crippen molar-refractivity contribution in [1.82, 2.24) is 9.21 Å². The number of amides is 1. The van der Waals surface area contributed by atoms with Gasteiger partial charge < -0.3 is 14.4 Å². The predicted molar refractivity (Wildman–Crippen MR) is 108 cm³/mol. The summed E-state index contributed by atoms with van der Waals surface area (Å²) in [5.41, 5.74) is -0.854. The van der Waals surface area contributed by atoms with Crippen molar-refractivity contribution in [2.45, 2.75) is 10.4 Å². The average Bonchev–Trinajstić information content (AvgIpc) is 3.28. The molecule has 13 heteroatoms. The third-order valence-corrected chi connectivity index (χ3v) is 8.04. The van der Waals surface area contributed by atoms with Crippen molar-refractivity contribution in [3.8, 4) is 5.75 Å². The van der Waals surface area contributed by atoms with Gasteiger partial charge in [-0.15, -0.1) is 11.3 Å². The summed E-state index contributed by atoms with van der Waals surface area (Å²) in [5.74, 6) is -1.65. The molecule has 1 aliphatic rings. The molecule has 1 aromatic heterocycles. The summed E-state index contributed by atoms with van der Waals surface area (Å²) in [6.45, 7) is -0.500. The highest BCUT2D eigenvalue weighted by atomic mass is 32.2. The number of hydrogen-bond donors (Lipinski definition) is 0. The molecule has 0 unspecified atom stereocenters.